The van der Waals surface area contributed by atoms with Gasteiger partial charge in [-0.05, 0) is 43.2 Å². The summed E-state index contributed by atoms with van der Waals surface area (Å²) in [6, 6.07) is 8.37. The van der Waals surface area contributed by atoms with Crippen LogP contribution in [0.25, 0.3) is 0 Å². The van der Waals surface area contributed by atoms with Crippen LogP contribution in [0, 0.1) is 0 Å². The maximum absolute atomic E-state index is 12.3. The molecular weight excluding hydrogens is 270 g/mol. The number of halogens is 1. The molecule has 110 valence electrons. The molecule has 1 aromatic carbocycles. The molecular formula is C17H24ClNO. The first-order valence-corrected chi connectivity index (χ1v) is 8.28. The summed E-state index contributed by atoms with van der Waals surface area (Å²) >= 11 is 5.64. The summed E-state index contributed by atoms with van der Waals surface area (Å²) in [5.74, 6) is 1.00. The van der Waals surface area contributed by atoms with E-state index in [9.17, 15) is 4.79 Å². The molecule has 1 atom stereocenters. The third-order valence-electron chi connectivity index (χ3n) is 4.05. The van der Waals surface area contributed by atoms with Gasteiger partial charge in [0.1, 0.15) is 0 Å². The maximum Gasteiger partial charge on any atom is 0.227 e. The number of nitrogens with one attached hydrogen (secondary N) is 1. The van der Waals surface area contributed by atoms with Crippen LogP contribution in [0.2, 0.25) is 0 Å². The Kier molecular flexibility index (Phi) is 6.38. The van der Waals surface area contributed by atoms with E-state index < -0.39 is 0 Å². The fourth-order valence-electron chi connectivity index (χ4n) is 2.93. The Morgan fingerprint density at radius 2 is 2.00 bits per heavy atom. The van der Waals surface area contributed by atoms with Crippen molar-refractivity contribution in [3.05, 3.63) is 35.4 Å². The third-order valence-corrected chi connectivity index (χ3v) is 4.31. The molecule has 20 heavy (non-hydrogen) atoms. The van der Waals surface area contributed by atoms with Crippen LogP contribution in [0.3, 0.4) is 0 Å². The second kappa shape index (κ2) is 8.31. The van der Waals surface area contributed by atoms with Crippen LogP contribution in [-0.2, 0) is 11.2 Å². The van der Waals surface area contributed by atoms with Gasteiger partial charge in [0.25, 0.3) is 0 Å². The molecule has 0 spiro atoms. The molecule has 0 saturated heterocycles. The lowest BCUT2D eigenvalue weighted by molar-refractivity contribution is -0.122. The van der Waals surface area contributed by atoms with Crippen molar-refractivity contribution in [2.75, 3.05) is 12.4 Å². The summed E-state index contributed by atoms with van der Waals surface area (Å²) in [6.45, 7) is 0.791. The van der Waals surface area contributed by atoms with Crippen LogP contribution in [0.1, 0.15) is 55.6 Å². The number of hydrogen-bond acceptors (Lipinski definition) is 1. The SMILES string of the molecule is O=C(NCCCCCCCl)C1CCCc2ccccc21. The monoisotopic (exact) mass is 293 g/mol. The third kappa shape index (κ3) is 4.24. The normalized spacial score (nSPS) is 17.6. The van der Waals surface area contributed by atoms with Gasteiger partial charge in [-0.15, -0.1) is 11.6 Å². The highest BCUT2D eigenvalue weighted by molar-refractivity contribution is 6.17. The second-order valence-electron chi connectivity index (χ2n) is 5.54. The minimum Gasteiger partial charge on any atom is -0.356 e. The number of alkyl halides is 1. The fourth-order valence-corrected chi connectivity index (χ4v) is 3.12. The first-order chi connectivity index (χ1) is 9.83. The van der Waals surface area contributed by atoms with E-state index in [4.69, 9.17) is 11.6 Å². The average molecular weight is 294 g/mol. The molecule has 0 heterocycles. The number of carbonyl (C=O) groups is 1. The molecule has 2 nitrogen and oxygen atoms in total. The average Bonchev–Trinajstić information content (AvgIpc) is 2.50. The lowest BCUT2D eigenvalue weighted by atomic mass is 9.82. The topological polar surface area (TPSA) is 29.1 Å². The Labute approximate surface area is 126 Å². The Morgan fingerprint density at radius 1 is 1.20 bits per heavy atom. The molecule has 0 aromatic heterocycles. The van der Waals surface area contributed by atoms with Gasteiger partial charge in [0.05, 0.1) is 5.92 Å². The fraction of sp³-hybridized carbons (Fsp3) is 0.588. The van der Waals surface area contributed by atoms with Crippen LogP contribution < -0.4 is 5.32 Å². The quantitative estimate of drug-likeness (QED) is 0.597. The molecule has 0 fully saturated rings. The largest absolute Gasteiger partial charge is 0.356 e. The van der Waals surface area contributed by atoms with Crippen molar-refractivity contribution in [2.45, 2.75) is 50.9 Å². The van der Waals surface area contributed by atoms with Crippen molar-refractivity contribution in [3.63, 3.8) is 0 Å². The molecule has 1 amide bonds. The summed E-state index contributed by atoms with van der Waals surface area (Å²) in [5, 5.41) is 3.10. The molecule has 0 radical (unpaired) electrons. The van der Waals surface area contributed by atoms with E-state index in [0.29, 0.717) is 0 Å². The summed E-state index contributed by atoms with van der Waals surface area (Å²) in [7, 11) is 0. The van der Waals surface area contributed by atoms with Gasteiger partial charge >= 0.3 is 0 Å². The van der Waals surface area contributed by atoms with Crippen LogP contribution >= 0.6 is 11.6 Å². The highest BCUT2D eigenvalue weighted by Crippen LogP contribution is 2.31. The van der Waals surface area contributed by atoms with Gasteiger partial charge in [-0.2, -0.15) is 0 Å². The zero-order valence-corrected chi connectivity index (χ0v) is 12.8. The molecule has 1 N–H and O–H groups in total. The summed E-state index contributed by atoms with van der Waals surface area (Å²) < 4.78 is 0. The Hall–Kier alpha value is -1.02. The highest BCUT2D eigenvalue weighted by Gasteiger charge is 2.25. The standard InChI is InChI=1S/C17H24ClNO/c18-12-5-1-2-6-13-19-17(20)16-11-7-9-14-8-3-4-10-15(14)16/h3-4,8,10,16H,1-2,5-7,9,11-13H2,(H,19,20). The van der Waals surface area contributed by atoms with Crippen molar-refractivity contribution < 1.29 is 4.79 Å². The van der Waals surface area contributed by atoms with Crippen LogP contribution in [0.5, 0.6) is 0 Å². The number of unbranched alkanes of at least 4 members (excludes halogenated alkanes) is 3. The number of hydrogen-bond donors (Lipinski definition) is 1. The predicted molar refractivity (Wildman–Crippen MR) is 84.3 cm³/mol. The van der Waals surface area contributed by atoms with Gasteiger partial charge in [0.15, 0.2) is 0 Å². The second-order valence-corrected chi connectivity index (χ2v) is 5.92. The number of carbonyl (C=O) groups excluding carboxylic acids is 1. The van der Waals surface area contributed by atoms with Gasteiger partial charge in [-0.3, -0.25) is 4.79 Å². The van der Waals surface area contributed by atoms with Crippen LogP contribution in [0.15, 0.2) is 24.3 Å². The van der Waals surface area contributed by atoms with Crippen molar-refractivity contribution in [1.29, 1.82) is 0 Å². The maximum atomic E-state index is 12.3. The molecule has 1 aliphatic rings. The highest BCUT2D eigenvalue weighted by atomic mass is 35.5. The summed E-state index contributed by atoms with van der Waals surface area (Å²) in [5.41, 5.74) is 2.58. The van der Waals surface area contributed by atoms with Crippen molar-refractivity contribution in [1.82, 2.24) is 5.32 Å². The van der Waals surface area contributed by atoms with Crippen molar-refractivity contribution in [2.24, 2.45) is 0 Å². The van der Waals surface area contributed by atoms with E-state index in [1.807, 2.05) is 6.07 Å². The Bertz CT molecular complexity index is 433. The molecule has 0 bridgehead atoms. The zero-order chi connectivity index (χ0) is 14.2. The zero-order valence-electron chi connectivity index (χ0n) is 12.0. The first kappa shape index (κ1) is 15.4. The minimum absolute atomic E-state index is 0.0581. The van der Waals surface area contributed by atoms with Crippen LogP contribution in [-0.4, -0.2) is 18.3 Å². The molecule has 2 rings (SSSR count). The van der Waals surface area contributed by atoms with E-state index in [1.165, 1.54) is 11.1 Å². The van der Waals surface area contributed by atoms with Crippen LogP contribution in [0.4, 0.5) is 0 Å². The number of benzene rings is 1. The van der Waals surface area contributed by atoms with E-state index >= 15 is 0 Å². The predicted octanol–water partition coefficient (Wildman–Crippen LogP) is 4.02. The van der Waals surface area contributed by atoms with Crippen molar-refractivity contribution >= 4 is 17.5 Å². The van der Waals surface area contributed by atoms with E-state index in [-0.39, 0.29) is 11.8 Å². The molecule has 3 heteroatoms. The number of amides is 1. The van der Waals surface area contributed by atoms with Crippen molar-refractivity contribution in [3.8, 4) is 0 Å². The summed E-state index contributed by atoms with van der Waals surface area (Å²) in [4.78, 5) is 12.3. The number of aryl methyl sites for hydroxylation is 1. The van der Waals surface area contributed by atoms with E-state index in [0.717, 1.165) is 57.4 Å². The summed E-state index contributed by atoms with van der Waals surface area (Å²) in [6.07, 6.45) is 7.64. The van der Waals surface area contributed by atoms with Gasteiger partial charge in [-0.25, -0.2) is 0 Å². The first-order valence-electron chi connectivity index (χ1n) is 7.74. The van der Waals surface area contributed by atoms with E-state index in [1.54, 1.807) is 0 Å². The van der Waals surface area contributed by atoms with Gasteiger partial charge < -0.3 is 5.32 Å². The smallest absolute Gasteiger partial charge is 0.227 e. The Morgan fingerprint density at radius 3 is 2.85 bits per heavy atom. The molecule has 1 aromatic rings. The molecule has 1 unspecified atom stereocenters. The number of rotatable bonds is 7. The van der Waals surface area contributed by atoms with Gasteiger partial charge in [-0.1, -0.05) is 37.1 Å². The molecule has 1 aliphatic carbocycles. The van der Waals surface area contributed by atoms with E-state index in [2.05, 4.69) is 23.5 Å². The lowest BCUT2D eigenvalue weighted by Gasteiger charge is -2.24. The van der Waals surface area contributed by atoms with Gasteiger partial charge in [0, 0.05) is 12.4 Å². The number of fused-ring (bicyclic) bond motifs is 1. The lowest BCUT2D eigenvalue weighted by Crippen LogP contribution is -2.32. The minimum atomic E-state index is 0.0581. The van der Waals surface area contributed by atoms with Gasteiger partial charge in [0.2, 0.25) is 5.91 Å². The molecule has 0 aliphatic heterocycles. The molecule has 0 saturated carbocycles. The Balaban J connectivity index is 1.79.